The molecule has 1 aliphatic heterocycles. The lowest BCUT2D eigenvalue weighted by Gasteiger charge is -2.18. The first-order valence-corrected chi connectivity index (χ1v) is 10.6. The summed E-state index contributed by atoms with van der Waals surface area (Å²) in [6.07, 6.45) is 1.60. The number of rotatable bonds is 6. The van der Waals surface area contributed by atoms with Gasteiger partial charge in [-0.3, -0.25) is 9.69 Å². The SMILES string of the molecule is Cc1ccc(C(=O)NCCc2nnc3n2CCN(Cc2ccsc2)CC3)cc1. The smallest absolute Gasteiger partial charge is 0.251 e. The number of thiophene rings is 1. The number of benzene rings is 1. The Morgan fingerprint density at radius 3 is 2.79 bits per heavy atom. The van der Waals surface area contributed by atoms with E-state index in [1.54, 1.807) is 11.3 Å². The average molecular weight is 396 g/mol. The predicted octanol–water partition coefficient (Wildman–Crippen LogP) is 2.68. The van der Waals surface area contributed by atoms with Crippen molar-refractivity contribution in [3.8, 4) is 0 Å². The Labute approximate surface area is 169 Å². The van der Waals surface area contributed by atoms with Crippen LogP contribution in [0.4, 0.5) is 0 Å². The molecule has 6 nitrogen and oxygen atoms in total. The van der Waals surface area contributed by atoms with E-state index in [1.165, 1.54) is 5.56 Å². The number of nitrogens with one attached hydrogen (secondary N) is 1. The van der Waals surface area contributed by atoms with Gasteiger partial charge in [0.1, 0.15) is 11.6 Å². The van der Waals surface area contributed by atoms with Gasteiger partial charge in [0, 0.05) is 51.1 Å². The molecule has 2 aromatic heterocycles. The molecule has 0 fully saturated rings. The fraction of sp³-hybridized carbons (Fsp3) is 0.381. The van der Waals surface area contributed by atoms with Crippen LogP contribution in [0.1, 0.15) is 33.1 Å². The molecule has 1 amide bonds. The Kier molecular flexibility index (Phi) is 5.83. The number of aromatic nitrogens is 3. The maximum absolute atomic E-state index is 12.3. The molecule has 7 heteroatoms. The molecule has 28 heavy (non-hydrogen) atoms. The number of carbonyl (C=O) groups excluding carboxylic acids is 1. The van der Waals surface area contributed by atoms with Gasteiger partial charge < -0.3 is 9.88 Å². The number of carbonyl (C=O) groups is 1. The molecule has 1 aliphatic rings. The van der Waals surface area contributed by atoms with E-state index in [9.17, 15) is 4.79 Å². The topological polar surface area (TPSA) is 63.1 Å². The third-order valence-electron chi connectivity index (χ3n) is 5.13. The van der Waals surface area contributed by atoms with Crippen LogP contribution in [0, 0.1) is 6.92 Å². The summed E-state index contributed by atoms with van der Waals surface area (Å²) in [6, 6.07) is 9.81. The highest BCUT2D eigenvalue weighted by Crippen LogP contribution is 2.14. The van der Waals surface area contributed by atoms with Gasteiger partial charge in [-0.2, -0.15) is 11.3 Å². The second-order valence-electron chi connectivity index (χ2n) is 7.21. The highest BCUT2D eigenvalue weighted by atomic mass is 32.1. The van der Waals surface area contributed by atoms with E-state index >= 15 is 0 Å². The molecule has 3 aromatic rings. The summed E-state index contributed by atoms with van der Waals surface area (Å²) in [5, 5.41) is 16.1. The second kappa shape index (κ2) is 8.67. The van der Waals surface area contributed by atoms with Gasteiger partial charge in [-0.15, -0.1) is 10.2 Å². The summed E-state index contributed by atoms with van der Waals surface area (Å²) < 4.78 is 2.23. The molecule has 146 valence electrons. The molecule has 0 atom stereocenters. The van der Waals surface area contributed by atoms with Crippen LogP contribution in [0.2, 0.25) is 0 Å². The lowest BCUT2D eigenvalue weighted by Crippen LogP contribution is -2.28. The molecule has 1 N–H and O–H groups in total. The van der Waals surface area contributed by atoms with Crippen molar-refractivity contribution in [3.05, 3.63) is 69.4 Å². The summed E-state index contributed by atoms with van der Waals surface area (Å²) >= 11 is 1.75. The fourth-order valence-electron chi connectivity index (χ4n) is 3.51. The van der Waals surface area contributed by atoms with Crippen molar-refractivity contribution in [2.75, 3.05) is 19.6 Å². The lowest BCUT2D eigenvalue weighted by molar-refractivity contribution is 0.0954. The van der Waals surface area contributed by atoms with E-state index in [1.807, 2.05) is 31.2 Å². The van der Waals surface area contributed by atoms with Crippen LogP contribution in [-0.4, -0.2) is 45.2 Å². The van der Waals surface area contributed by atoms with Gasteiger partial charge in [-0.25, -0.2) is 0 Å². The zero-order chi connectivity index (χ0) is 19.3. The molecule has 1 aromatic carbocycles. The quantitative estimate of drug-likeness (QED) is 0.697. The van der Waals surface area contributed by atoms with E-state index < -0.39 is 0 Å². The van der Waals surface area contributed by atoms with Gasteiger partial charge in [0.15, 0.2) is 0 Å². The number of nitrogens with zero attached hydrogens (tertiary/aromatic N) is 4. The van der Waals surface area contributed by atoms with Gasteiger partial charge in [-0.05, 0) is 41.4 Å². The predicted molar refractivity (Wildman–Crippen MR) is 111 cm³/mol. The number of hydrogen-bond donors (Lipinski definition) is 1. The van der Waals surface area contributed by atoms with Crippen molar-refractivity contribution in [2.24, 2.45) is 0 Å². The number of amides is 1. The fourth-order valence-corrected chi connectivity index (χ4v) is 4.17. The first kappa shape index (κ1) is 18.8. The summed E-state index contributed by atoms with van der Waals surface area (Å²) in [5.41, 5.74) is 3.21. The molecule has 3 heterocycles. The Hall–Kier alpha value is -2.51. The molecule has 0 radical (unpaired) electrons. The van der Waals surface area contributed by atoms with Crippen LogP contribution < -0.4 is 5.32 Å². The molecule has 0 aliphatic carbocycles. The molecule has 0 saturated heterocycles. The lowest BCUT2D eigenvalue weighted by atomic mass is 10.1. The van der Waals surface area contributed by atoms with E-state index in [4.69, 9.17) is 0 Å². The third kappa shape index (κ3) is 4.48. The largest absolute Gasteiger partial charge is 0.352 e. The highest BCUT2D eigenvalue weighted by molar-refractivity contribution is 7.07. The van der Waals surface area contributed by atoms with E-state index in [-0.39, 0.29) is 5.91 Å². The minimum absolute atomic E-state index is 0.0439. The van der Waals surface area contributed by atoms with Crippen LogP contribution >= 0.6 is 11.3 Å². The Balaban J connectivity index is 1.31. The molecular formula is C21H25N5OS. The average Bonchev–Trinajstić information content (AvgIpc) is 3.29. The van der Waals surface area contributed by atoms with Gasteiger partial charge in [0.2, 0.25) is 0 Å². The maximum Gasteiger partial charge on any atom is 0.251 e. The first-order valence-electron chi connectivity index (χ1n) is 9.68. The number of hydrogen-bond acceptors (Lipinski definition) is 5. The van der Waals surface area contributed by atoms with Crippen LogP contribution in [0.3, 0.4) is 0 Å². The van der Waals surface area contributed by atoms with Crippen LogP contribution in [-0.2, 0) is 25.9 Å². The van der Waals surface area contributed by atoms with Crippen LogP contribution in [0.25, 0.3) is 0 Å². The Morgan fingerprint density at radius 2 is 2.00 bits per heavy atom. The molecule has 0 spiro atoms. The summed E-state index contributed by atoms with van der Waals surface area (Å²) in [6.45, 7) is 6.45. The summed E-state index contributed by atoms with van der Waals surface area (Å²) in [4.78, 5) is 14.7. The first-order chi connectivity index (χ1) is 13.7. The normalized spacial score (nSPS) is 14.5. The zero-order valence-electron chi connectivity index (χ0n) is 16.1. The Morgan fingerprint density at radius 1 is 1.14 bits per heavy atom. The molecule has 0 bridgehead atoms. The minimum Gasteiger partial charge on any atom is -0.352 e. The van der Waals surface area contributed by atoms with Crippen molar-refractivity contribution in [1.82, 2.24) is 25.0 Å². The Bertz CT molecular complexity index is 917. The number of fused-ring (bicyclic) bond motifs is 1. The van der Waals surface area contributed by atoms with Gasteiger partial charge in [0.05, 0.1) is 0 Å². The molecule has 4 rings (SSSR count). The third-order valence-corrected chi connectivity index (χ3v) is 5.86. The highest BCUT2D eigenvalue weighted by Gasteiger charge is 2.19. The maximum atomic E-state index is 12.3. The van der Waals surface area contributed by atoms with Crippen LogP contribution in [0.5, 0.6) is 0 Å². The molecule has 0 unspecified atom stereocenters. The van der Waals surface area contributed by atoms with Crippen molar-refractivity contribution in [3.63, 3.8) is 0 Å². The second-order valence-corrected chi connectivity index (χ2v) is 7.99. The van der Waals surface area contributed by atoms with Crippen molar-refractivity contribution in [1.29, 1.82) is 0 Å². The van der Waals surface area contributed by atoms with E-state index in [0.717, 1.165) is 49.8 Å². The standard InChI is InChI=1S/C21H25N5OS/c1-16-2-4-18(5-3-16)21(27)22-9-6-19-23-24-20-7-10-25(11-12-26(19)20)14-17-8-13-28-15-17/h2-5,8,13,15H,6-7,9-12,14H2,1H3,(H,22,27). The molecular weight excluding hydrogens is 370 g/mol. The van der Waals surface area contributed by atoms with Gasteiger partial charge in [0.25, 0.3) is 5.91 Å². The van der Waals surface area contributed by atoms with Crippen LogP contribution in [0.15, 0.2) is 41.1 Å². The van der Waals surface area contributed by atoms with Gasteiger partial charge >= 0.3 is 0 Å². The van der Waals surface area contributed by atoms with Crippen molar-refractivity contribution < 1.29 is 4.79 Å². The summed E-state index contributed by atoms with van der Waals surface area (Å²) in [7, 11) is 0. The van der Waals surface area contributed by atoms with Crippen molar-refractivity contribution >= 4 is 17.2 Å². The zero-order valence-corrected chi connectivity index (χ0v) is 16.9. The number of aryl methyl sites for hydroxylation is 1. The van der Waals surface area contributed by atoms with Gasteiger partial charge in [-0.1, -0.05) is 17.7 Å². The molecule has 0 saturated carbocycles. The van der Waals surface area contributed by atoms with Crippen molar-refractivity contribution in [2.45, 2.75) is 32.9 Å². The minimum atomic E-state index is -0.0439. The van der Waals surface area contributed by atoms with E-state index in [2.05, 4.69) is 41.8 Å². The monoisotopic (exact) mass is 395 g/mol. The van der Waals surface area contributed by atoms with E-state index in [0.29, 0.717) is 18.5 Å². The summed E-state index contributed by atoms with van der Waals surface area (Å²) in [5.74, 6) is 1.96.